The molecule has 0 aliphatic rings. The number of hydrogen-bond donors (Lipinski definition) is 1. The lowest BCUT2D eigenvalue weighted by atomic mass is 9.80. The highest BCUT2D eigenvalue weighted by Gasteiger charge is 2.34. The van der Waals surface area contributed by atoms with Gasteiger partial charge in [-0.1, -0.05) is 206 Å². The molecule has 0 aromatic heterocycles. The van der Waals surface area contributed by atoms with Gasteiger partial charge in [0.25, 0.3) is 0 Å². The molecular weight excluding hydrogens is 599 g/mol. The average molecular weight is 684 g/mol. The number of esters is 1. The third-order valence-corrected chi connectivity index (χ3v) is 11.1. The fourth-order valence-electron chi connectivity index (χ4n) is 7.76. The van der Waals surface area contributed by atoms with Crippen LogP contribution in [-0.4, -0.2) is 13.1 Å². The fourth-order valence-corrected chi connectivity index (χ4v) is 7.76. The van der Waals surface area contributed by atoms with Crippen LogP contribution in [0.2, 0.25) is 0 Å². The third kappa shape index (κ3) is 21.6. The molecular formula is C46H85NO2. The zero-order valence-corrected chi connectivity index (χ0v) is 33.9. The molecule has 0 saturated carbocycles. The van der Waals surface area contributed by atoms with Crippen LogP contribution in [0.15, 0.2) is 12.1 Å². The van der Waals surface area contributed by atoms with Crippen LogP contribution in [0, 0.1) is 0 Å². The van der Waals surface area contributed by atoms with Gasteiger partial charge in [0, 0.05) is 0 Å². The van der Waals surface area contributed by atoms with Crippen molar-refractivity contribution in [3.8, 4) is 0 Å². The molecule has 1 aromatic carbocycles. The van der Waals surface area contributed by atoms with Crippen LogP contribution < -0.4 is 5.73 Å². The van der Waals surface area contributed by atoms with Crippen molar-refractivity contribution >= 4 is 5.97 Å². The molecule has 0 spiro atoms. The molecule has 49 heavy (non-hydrogen) atoms. The highest BCUT2D eigenvalue weighted by molar-refractivity contribution is 5.82. The molecule has 1 rings (SSSR count). The Bertz CT molecular complexity index is 907. The van der Waals surface area contributed by atoms with Crippen LogP contribution in [0.3, 0.4) is 0 Å². The van der Waals surface area contributed by atoms with Gasteiger partial charge in [0.1, 0.15) is 5.54 Å². The second kappa shape index (κ2) is 31.4. The van der Waals surface area contributed by atoms with E-state index in [-0.39, 0.29) is 5.97 Å². The molecule has 1 unspecified atom stereocenters. The van der Waals surface area contributed by atoms with Crippen LogP contribution in [0.25, 0.3) is 0 Å². The first-order valence-electron chi connectivity index (χ1n) is 21.9. The molecule has 0 heterocycles. The zero-order chi connectivity index (χ0) is 35.8. The number of carbonyl (C=O) groups excluding carboxylic acids is 1. The van der Waals surface area contributed by atoms with Gasteiger partial charge < -0.3 is 10.5 Å². The van der Waals surface area contributed by atoms with E-state index in [2.05, 4.69) is 32.9 Å². The minimum absolute atomic E-state index is 0.329. The second-order valence-corrected chi connectivity index (χ2v) is 15.7. The molecule has 0 fully saturated rings. The van der Waals surface area contributed by atoms with Crippen LogP contribution in [0.5, 0.6) is 0 Å². The molecule has 1 aromatic rings. The lowest BCUT2D eigenvalue weighted by molar-refractivity contribution is -0.146. The van der Waals surface area contributed by atoms with Gasteiger partial charge >= 0.3 is 5.97 Å². The van der Waals surface area contributed by atoms with E-state index in [1.165, 1.54) is 216 Å². The minimum atomic E-state index is -1.12. The van der Waals surface area contributed by atoms with Crippen molar-refractivity contribution in [1.29, 1.82) is 0 Å². The number of aryl methyl sites for hydroxylation is 1. The number of nitrogens with two attached hydrogens (primary N) is 1. The first kappa shape index (κ1) is 45.7. The van der Waals surface area contributed by atoms with E-state index in [0.29, 0.717) is 0 Å². The Morgan fingerprint density at radius 3 is 1.14 bits per heavy atom. The van der Waals surface area contributed by atoms with Gasteiger partial charge in [-0.3, -0.25) is 0 Å². The molecule has 3 nitrogen and oxygen atoms in total. The lowest BCUT2D eigenvalue weighted by Crippen LogP contribution is -2.43. The number of ether oxygens (including phenoxy) is 1. The van der Waals surface area contributed by atoms with E-state index in [4.69, 9.17) is 10.5 Å². The number of unbranched alkanes of at least 4 members (excludes halogenated alkanes) is 27. The number of carbonyl (C=O) groups is 1. The van der Waals surface area contributed by atoms with E-state index < -0.39 is 5.54 Å². The Labute approximate surface area is 307 Å². The van der Waals surface area contributed by atoms with Crippen LogP contribution in [0.1, 0.15) is 243 Å². The molecule has 0 aliphatic heterocycles. The summed E-state index contributed by atoms with van der Waals surface area (Å²) in [7, 11) is 1.47. The molecule has 3 heteroatoms. The van der Waals surface area contributed by atoms with E-state index in [1.54, 1.807) is 0 Å². The highest BCUT2D eigenvalue weighted by atomic mass is 16.5. The van der Waals surface area contributed by atoms with Crippen LogP contribution >= 0.6 is 0 Å². The van der Waals surface area contributed by atoms with E-state index >= 15 is 0 Å². The summed E-state index contributed by atoms with van der Waals surface area (Å²) in [5.41, 5.74) is 11.1. The van der Waals surface area contributed by atoms with Gasteiger partial charge in [-0.2, -0.15) is 0 Å². The van der Waals surface area contributed by atoms with Gasteiger partial charge in [0.15, 0.2) is 0 Å². The summed E-state index contributed by atoms with van der Waals surface area (Å²) < 4.78 is 5.24. The van der Waals surface area contributed by atoms with E-state index in [1.807, 2.05) is 6.92 Å². The quantitative estimate of drug-likeness (QED) is 0.0572. The molecule has 0 saturated heterocycles. The molecule has 2 N–H and O–H groups in total. The summed E-state index contributed by atoms with van der Waals surface area (Å²) in [5, 5.41) is 0. The maximum absolute atomic E-state index is 13.0. The Hall–Kier alpha value is -1.35. The molecule has 1 atom stereocenters. The Balaban J connectivity index is 2.92. The van der Waals surface area contributed by atoms with Gasteiger partial charge in [-0.05, 0) is 67.7 Å². The summed E-state index contributed by atoms with van der Waals surface area (Å²) in [6.07, 6.45) is 43.8. The first-order valence-corrected chi connectivity index (χ1v) is 21.9. The summed E-state index contributed by atoms with van der Waals surface area (Å²) in [6.45, 7) is 8.75. The van der Waals surface area contributed by atoms with Crippen molar-refractivity contribution in [2.75, 3.05) is 7.11 Å². The predicted octanol–water partition coefficient (Wildman–Crippen LogP) is 14.4. The van der Waals surface area contributed by atoms with Gasteiger partial charge in [0.05, 0.1) is 7.11 Å². The number of methoxy groups -OCH3 is 1. The second-order valence-electron chi connectivity index (χ2n) is 15.7. The minimum Gasteiger partial charge on any atom is -0.467 e. The van der Waals surface area contributed by atoms with Crippen LogP contribution in [-0.2, 0) is 34.3 Å². The zero-order valence-electron chi connectivity index (χ0n) is 33.9. The molecule has 0 aliphatic carbocycles. The molecule has 0 bridgehead atoms. The smallest absolute Gasteiger partial charge is 0.330 e. The summed E-state index contributed by atoms with van der Waals surface area (Å²) >= 11 is 0. The molecule has 0 radical (unpaired) electrons. The van der Waals surface area contributed by atoms with Crippen molar-refractivity contribution < 1.29 is 9.53 Å². The number of rotatable bonds is 35. The SMILES string of the molecule is CCCCCCCCCCCCc1ccc(C(C)(N)C(=O)OC)c(CCCCCCCCCCCC)c1CCCCCCCCCCCC. The van der Waals surface area contributed by atoms with Crippen LogP contribution in [0.4, 0.5) is 0 Å². The van der Waals surface area contributed by atoms with Gasteiger partial charge in [0.2, 0.25) is 0 Å². The topological polar surface area (TPSA) is 52.3 Å². The summed E-state index contributed by atoms with van der Waals surface area (Å²) in [5.74, 6) is -0.329. The molecule has 0 amide bonds. The first-order chi connectivity index (χ1) is 23.9. The standard InChI is InChI=1S/C46H85NO2/c1-6-9-12-15-18-21-24-27-30-33-36-41-39-40-44(46(4,47)45(48)49-5)43(38-35-32-29-26-23-20-17-14-11-8-3)42(41)37-34-31-28-25-22-19-16-13-10-7-2/h39-40H,6-38,47H2,1-5H3. The Kier molecular flexibility index (Phi) is 29.3. The van der Waals surface area contributed by atoms with Crippen molar-refractivity contribution in [1.82, 2.24) is 0 Å². The van der Waals surface area contributed by atoms with Crippen molar-refractivity contribution in [3.05, 3.63) is 34.4 Å². The van der Waals surface area contributed by atoms with Crippen molar-refractivity contribution in [3.63, 3.8) is 0 Å². The summed E-state index contributed by atoms with van der Waals surface area (Å²) in [4.78, 5) is 13.0. The number of benzene rings is 1. The number of hydrogen-bond acceptors (Lipinski definition) is 3. The van der Waals surface area contributed by atoms with E-state index in [0.717, 1.165) is 24.8 Å². The Morgan fingerprint density at radius 2 is 0.796 bits per heavy atom. The van der Waals surface area contributed by atoms with Crippen molar-refractivity contribution in [2.24, 2.45) is 5.73 Å². The van der Waals surface area contributed by atoms with Crippen molar-refractivity contribution in [2.45, 2.75) is 245 Å². The highest BCUT2D eigenvalue weighted by Crippen LogP contribution is 2.32. The Morgan fingerprint density at radius 1 is 0.490 bits per heavy atom. The monoisotopic (exact) mass is 684 g/mol. The fraction of sp³-hybridized carbons (Fsp3) is 0.848. The van der Waals surface area contributed by atoms with Gasteiger partial charge in [-0.25, -0.2) is 4.79 Å². The predicted molar refractivity (Wildman–Crippen MR) is 217 cm³/mol. The summed E-state index contributed by atoms with van der Waals surface area (Å²) in [6, 6.07) is 4.51. The largest absolute Gasteiger partial charge is 0.467 e. The maximum Gasteiger partial charge on any atom is 0.330 e. The third-order valence-electron chi connectivity index (χ3n) is 11.1. The maximum atomic E-state index is 13.0. The normalized spacial score (nSPS) is 12.8. The van der Waals surface area contributed by atoms with Gasteiger partial charge in [-0.15, -0.1) is 0 Å². The lowest BCUT2D eigenvalue weighted by Gasteiger charge is -2.28. The van der Waals surface area contributed by atoms with E-state index in [9.17, 15) is 4.79 Å². The average Bonchev–Trinajstić information content (AvgIpc) is 3.10. The molecule has 286 valence electrons.